The summed E-state index contributed by atoms with van der Waals surface area (Å²) < 4.78 is 0. The molecule has 0 bridgehead atoms. The Labute approximate surface area is 85.1 Å². The molecule has 1 saturated heterocycles. The maximum Gasteiger partial charge on any atom is 0.236 e. The van der Waals surface area contributed by atoms with Crippen LogP contribution in [0.5, 0.6) is 0 Å². The van der Waals surface area contributed by atoms with E-state index in [1.807, 2.05) is 4.90 Å². The van der Waals surface area contributed by atoms with Crippen LogP contribution in [0.3, 0.4) is 0 Å². The molecule has 2 atom stereocenters. The fourth-order valence-electron chi connectivity index (χ4n) is 1.50. The second-order valence-electron chi connectivity index (χ2n) is 4.03. The van der Waals surface area contributed by atoms with Gasteiger partial charge in [0, 0.05) is 6.04 Å². The summed E-state index contributed by atoms with van der Waals surface area (Å²) >= 11 is 1.79. The summed E-state index contributed by atoms with van der Waals surface area (Å²) in [4.78, 5) is 13.9. The molecule has 1 aliphatic heterocycles. The van der Waals surface area contributed by atoms with Gasteiger partial charge in [-0.1, -0.05) is 20.8 Å². The number of amides is 1. The Kier molecular flexibility index (Phi) is 3.65. The van der Waals surface area contributed by atoms with Crippen LogP contribution >= 0.6 is 11.8 Å². The van der Waals surface area contributed by atoms with Crippen molar-refractivity contribution in [2.45, 2.75) is 45.4 Å². The normalized spacial score (nSPS) is 25.8. The third kappa shape index (κ3) is 2.19. The minimum Gasteiger partial charge on any atom is -0.330 e. The van der Waals surface area contributed by atoms with Crippen molar-refractivity contribution < 1.29 is 4.79 Å². The molecule has 13 heavy (non-hydrogen) atoms. The zero-order valence-electron chi connectivity index (χ0n) is 8.91. The van der Waals surface area contributed by atoms with Crippen LogP contribution < -0.4 is 0 Å². The Bertz CT molecular complexity index is 193. The number of carbonyl (C=O) groups is 1. The Morgan fingerprint density at radius 3 is 2.54 bits per heavy atom. The van der Waals surface area contributed by atoms with Crippen LogP contribution in [0.25, 0.3) is 0 Å². The second kappa shape index (κ2) is 4.36. The average Bonchev–Trinajstić information content (AvgIpc) is 2.46. The highest BCUT2D eigenvalue weighted by molar-refractivity contribution is 8.01. The molecule has 1 rings (SSSR count). The molecule has 0 saturated carbocycles. The van der Waals surface area contributed by atoms with E-state index >= 15 is 0 Å². The van der Waals surface area contributed by atoms with Crippen LogP contribution in [-0.4, -0.2) is 28.0 Å². The van der Waals surface area contributed by atoms with Gasteiger partial charge in [-0.05, 0) is 19.3 Å². The van der Waals surface area contributed by atoms with Gasteiger partial charge in [-0.3, -0.25) is 4.79 Å². The van der Waals surface area contributed by atoms with Crippen LogP contribution in [0.1, 0.15) is 34.1 Å². The molecule has 0 aliphatic carbocycles. The largest absolute Gasteiger partial charge is 0.330 e. The summed E-state index contributed by atoms with van der Waals surface area (Å²) in [6.45, 7) is 8.50. The van der Waals surface area contributed by atoms with Gasteiger partial charge in [-0.15, -0.1) is 11.8 Å². The lowest BCUT2D eigenvalue weighted by Crippen LogP contribution is -2.37. The Hall–Kier alpha value is -0.180. The Balaban J connectivity index is 2.60. The van der Waals surface area contributed by atoms with Crippen LogP contribution in [0.15, 0.2) is 0 Å². The summed E-state index contributed by atoms with van der Waals surface area (Å²) in [5.74, 6) is 1.69. The molecule has 0 aromatic carbocycles. The number of nitrogens with zero attached hydrogens (tertiary/aromatic N) is 1. The lowest BCUT2D eigenvalue weighted by Gasteiger charge is -2.23. The zero-order chi connectivity index (χ0) is 10.0. The van der Waals surface area contributed by atoms with Crippen LogP contribution in [0.2, 0.25) is 0 Å². The summed E-state index contributed by atoms with van der Waals surface area (Å²) in [6, 6.07) is 0.406. The van der Waals surface area contributed by atoms with Crippen molar-refractivity contribution in [2.75, 3.05) is 5.88 Å². The van der Waals surface area contributed by atoms with Gasteiger partial charge in [0.15, 0.2) is 0 Å². The minimum absolute atomic E-state index is 0.203. The highest BCUT2D eigenvalue weighted by Crippen LogP contribution is 2.31. The first-order valence-corrected chi connectivity index (χ1v) is 6.04. The van der Waals surface area contributed by atoms with Crippen molar-refractivity contribution in [3.8, 4) is 0 Å². The van der Waals surface area contributed by atoms with E-state index in [9.17, 15) is 4.79 Å². The van der Waals surface area contributed by atoms with Crippen LogP contribution in [-0.2, 0) is 4.79 Å². The van der Waals surface area contributed by atoms with E-state index in [0.29, 0.717) is 17.9 Å². The molecular formula is C10H19NOS. The molecule has 1 amide bonds. The second-order valence-corrected chi connectivity index (χ2v) is 5.13. The van der Waals surface area contributed by atoms with E-state index in [-0.39, 0.29) is 5.25 Å². The van der Waals surface area contributed by atoms with E-state index in [1.54, 1.807) is 11.8 Å². The quantitative estimate of drug-likeness (QED) is 0.698. The van der Waals surface area contributed by atoms with E-state index in [0.717, 1.165) is 12.3 Å². The van der Waals surface area contributed by atoms with Crippen molar-refractivity contribution in [3.05, 3.63) is 0 Å². The van der Waals surface area contributed by atoms with E-state index < -0.39 is 0 Å². The van der Waals surface area contributed by atoms with E-state index in [4.69, 9.17) is 0 Å². The topological polar surface area (TPSA) is 20.3 Å². The summed E-state index contributed by atoms with van der Waals surface area (Å²) in [7, 11) is 0. The number of hydrogen-bond donors (Lipinski definition) is 0. The maximum absolute atomic E-state index is 11.9. The summed E-state index contributed by atoms with van der Waals surface area (Å²) in [6.07, 6.45) is 1.05. The monoisotopic (exact) mass is 201 g/mol. The number of thioether (sulfide) groups is 1. The molecule has 1 fully saturated rings. The molecule has 1 heterocycles. The predicted molar refractivity (Wildman–Crippen MR) is 57.7 cm³/mol. The standard InChI is InChI=1S/C10H19NOS/c1-5-8(4)11-6-13-9(7(2)3)10(11)12/h7-9H,5-6H2,1-4H3. The van der Waals surface area contributed by atoms with E-state index in [2.05, 4.69) is 27.7 Å². The summed E-state index contributed by atoms with van der Waals surface area (Å²) in [5, 5.41) is 0.203. The molecule has 0 aromatic heterocycles. The third-order valence-corrected chi connectivity index (χ3v) is 4.18. The van der Waals surface area contributed by atoms with Crippen molar-refractivity contribution in [3.63, 3.8) is 0 Å². The smallest absolute Gasteiger partial charge is 0.236 e. The molecule has 0 radical (unpaired) electrons. The number of carbonyl (C=O) groups excluding carboxylic acids is 1. The van der Waals surface area contributed by atoms with Crippen LogP contribution in [0.4, 0.5) is 0 Å². The molecule has 0 N–H and O–H groups in total. The van der Waals surface area contributed by atoms with Crippen molar-refractivity contribution in [1.29, 1.82) is 0 Å². The molecule has 0 aromatic rings. The van der Waals surface area contributed by atoms with Gasteiger partial charge in [0.25, 0.3) is 0 Å². The SMILES string of the molecule is CCC(C)N1CSC(C(C)C)C1=O. The van der Waals surface area contributed by atoms with Crippen molar-refractivity contribution in [2.24, 2.45) is 5.92 Å². The minimum atomic E-state index is 0.203. The van der Waals surface area contributed by atoms with Gasteiger partial charge >= 0.3 is 0 Å². The first-order valence-electron chi connectivity index (χ1n) is 5.00. The van der Waals surface area contributed by atoms with Gasteiger partial charge in [0.05, 0.1) is 11.1 Å². The molecule has 76 valence electrons. The van der Waals surface area contributed by atoms with Crippen molar-refractivity contribution >= 4 is 17.7 Å². The van der Waals surface area contributed by atoms with Gasteiger partial charge in [0.1, 0.15) is 0 Å². The lowest BCUT2D eigenvalue weighted by atomic mass is 10.1. The van der Waals surface area contributed by atoms with Crippen molar-refractivity contribution in [1.82, 2.24) is 4.90 Å². The highest BCUT2D eigenvalue weighted by Gasteiger charge is 2.35. The fraction of sp³-hybridized carbons (Fsp3) is 0.900. The number of hydrogen-bond acceptors (Lipinski definition) is 2. The first-order chi connectivity index (χ1) is 6.07. The third-order valence-electron chi connectivity index (χ3n) is 2.65. The van der Waals surface area contributed by atoms with Crippen LogP contribution in [0, 0.1) is 5.92 Å². The fourth-order valence-corrected chi connectivity index (χ4v) is 2.87. The molecule has 0 spiro atoms. The van der Waals surface area contributed by atoms with Gasteiger partial charge in [-0.25, -0.2) is 0 Å². The Morgan fingerprint density at radius 1 is 1.54 bits per heavy atom. The van der Waals surface area contributed by atoms with Gasteiger partial charge in [0.2, 0.25) is 5.91 Å². The lowest BCUT2D eigenvalue weighted by molar-refractivity contribution is -0.131. The predicted octanol–water partition coefficient (Wildman–Crippen LogP) is 2.34. The molecule has 2 nitrogen and oxygen atoms in total. The van der Waals surface area contributed by atoms with Gasteiger partial charge < -0.3 is 4.90 Å². The Morgan fingerprint density at radius 2 is 2.15 bits per heavy atom. The molecule has 1 aliphatic rings. The molecule has 3 heteroatoms. The maximum atomic E-state index is 11.9. The average molecular weight is 201 g/mol. The number of rotatable bonds is 3. The van der Waals surface area contributed by atoms with Gasteiger partial charge in [-0.2, -0.15) is 0 Å². The molecular weight excluding hydrogens is 182 g/mol. The zero-order valence-corrected chi connectivity index (χ0v) is 9.73. The van der Waals surface area contributed by atoms with E-state index in [1.165, 1.54) is 0 Å². The first kappa shape index (κ1) is 10.9. The molecule has 2 unspecified atom stereocenters. The highest BCUT2D eigenvalue weighted by atomic mass is 32.2. The summed E-state index contributed by atoms with van der Waals surface area (Å²) in [5.41, 5.74) is 0.